The number of rotatable bonds is 4. The molecule has 1 unspecified atom stereocenters. The highest BCUT2D eigenvalue weighted by Gasteiger charge is 2.08. The van der Waals surface area contributed by atoms with E-state index in [0.717, 1.165) is 5.69 Å². The first-order chi connectivity index (χ1) is 7.00. The summed E-state index contributed by atoms with van der Waals surface area (Å²) in [6, 6.07) is 5.93. The van der Waals surface area contributed by atoms with Gasteiger partial charge in [0.25, 0.3) is 0 Å². The molecule has 0 aliphatic heterocycles. The van der Waals surface area contributed by atoms with Crippen LogP contribution in [-0.2, 0) is 4.79 Å². The minimum atomic E-state index is -0.777. The summed E-state index contributed by atoms with van der Waals surface area (Å²) < 4.78 is 0. The third kappa shape index (κ3) is 3.27. The standard InChI is InChI=1S/C12H17NO2/c1-8-5-4-6-11(10(8)3)13-9(2)7-12(14)15/h4-6,9,13H,7H2,1-3H3,(H,14,15). The van der Waals surface area contributed by atoms with E-state index in [-0.39, 0.29) is 12.5 Å². The fraction of sp³-hybridized carbons (Fsp3) is 0.417. The maximum absolute atomic E-state index is 10.5. The number of carboxylic acid groups (broad SMARTS) is 1. The largest absolute Gasteiger partial charge is 0.481 e. The van der Waals surface area contributed by atoms with Crippen molar-refractivity contribution in [3.05, 3.63) is 29.3 Å². The van der Waals surface area contributed by atoms with Crippen molar-refractivity contribution in [2.24, 2.45) is 0 Å². The van der Waals surface area contributed by atoms with Gasteiger partial charge in [0.1, 0.15) is 0 Å². The highest BCUT2D eigenvalue weighted by molar-refractivity contribution is 5.68. The van der Waals surface area contributed by atoms with E-state index in [1.165, 1.54) is 11.1 Å². The molecule has 0 spiro atoms. The molecule has 1 atom stereocenters. The van der Waals surface area contributed by atoms with Gasteiger partial charge in [-0.25, -0.2) is 0 Å². The quantitative estimate of drug-likeness (QED) is 0.797. The van der Waals surface area contributed by atoms with Crippen LogP contribution in [-0.4, -0.2) is 17.1 Å². The van der Waals surface area contributed by atoms with Gasteiger partial charge in [-0.3, -0.25) is 4.79 Å². The van der Waals surface area contributed by atoms with Crippen LogP contribution in [0.4, 0.5) is 5.69 Å². The van der Waals surface area contributed by atoms with Gasteiger partial charge in [-0.05, 0) is 38.0 Å². The number of nitrogens with one attached hydrogen (secondary N) is 1. The van der Waals surface area contributed by atoms with Crippen LogP contribution in [0.1, 0.15) is 24.5 Å². The van der Waals surface area contributed by atoms with Crippen LogP contribution >= 0.6 is 0 Å². The van der Waals surface area contributed by atoms with Crippen LogP contribution in [0.2, 0.25) is 0 Å². The van der Waals surface area contributed by atoms with Gasteiger partial charge in [-0.2, -0.15) is 0 Å². The monoisotopic (exact) mass is 207 g/mol. The van der Waals surface area contributed by atoms with Crippen LogP contribution in [0.25, 0.3) is 0 Å². The highest BCUT2D eigenvalue weighted by Crippen LogP contribution is 2.19. The van der Waals surface area contributed by atoms with Gasteiger partial charge in [0.2, 0.25) is 0 Å². The second-order valence-electron chi connectivity index (χ2n) is 3.89. The number of carboxylic acids is 1. The molecule has 0 aromatic heterocycles. The SMILES string of the molecule is Cc1cccc(NC(C)CC(=O)O)c1C. The molecule has 0 saturated carbocycles. The molecule has 15 heavy (non-hydrogen) atoms. The number of carbonyl (C=O) groups is 1. The number of benzene rings is 1. The number of anilines is 1. The Kier molecular flexibility index (Phi) is 3.72. The second-order valence-corrected chi connectivity index (χ2v) is 3.89. The van der Waals surface area contributed by atoms with Crippen LogP contribution in [0.3, 0.4) is 0 Å². The van der Waals surface area contributed by atoms with Gasteiger partial charge in [0, 0.05) is 11.7 Å². The molecule has 2 N–H and O–H groups in total. The topological polar surface area (TPSA) is 49.3 Å². The molecule has 0 fully saturated rings. The van der Waals surface area contributed by atoms with Crippen molar-refractivity contribution in [3.8, 4) is 0 Å². The van der Waals surface area contributed by atoms with Crippen molar-refractivity contribution < 1.29 is 9.90 Å². The summed E-state index contributed by atoms with van der Waals surface area (Å²) >= 11 is 0. The first-order valence-electron chi connectivity index (χ1n) is 5.05. The Balaban J connectivity index is 2.72. The third-order valence-electron chi connectivity index (χ3n) is 2.49. The van der Waals surface area contributed by atoms with E-state index in [9.17, 15) is 4.79 Å². The molecule has 0 radical (unpaired) electrons. The van der Waals surface area contributed by atoms with Crippen molar-refractivity contribution >= 4 is 11.7 Å². The average Bonchev–Trinajstić information content (AvgIpc) is 2.11. The van der Waals surface area contributed by atoms with E-state index in [1.807, 2.05) is 39.0 Å². The summed E-state index contributed by atoms with van der Waals surface area (Å²) in [5.74, 6) is -0.777. The molecule has 0 amide bonds. The lowest BCUT2D eigenvalue weighted by molar-refractivity contribution is -0.137. The van der Waals surface area contributed by atoms with Crippen LogP contribution in [0.15, 0.2) is 18.2 Å². The fourth-order valence-corrected chi connectivity index (χ4v) is 1.49. The number of hydrogen-bond donors (Lipinski definition) is 2. The summed E-state index contributed by atoms with van der Waals surface area (Å²) in [6.45, 7) is 5.95. The van der Waals surface area contributed by atoms with Crippen molar-refractivity contribution in [3.63, 3.8) is 0 Å². The van der Waals surface area contributed by atoms with Crippen molar-refractivity contribution in [2.45, 2.75) is 33.2 Å². The maximum Gasteiger partial charge on any atom is 0.305 e. The zero-order valence-corrected chi connectivity index (χ0v) is 9.37. The Morgan fingerprint density at radius 3 is 2.73 bits per heavy atom. The van der Waals surface area contributed by atoms with E-state index < -0.39 is 5.97 Å². The van der Waals surface area contributed by atoms with Crippen molar-refractivity contribution in [1.29, 1.82) is 0 Å². The zero-order chi connectivity index (χ0) is 11.4. The summed E-state index contributed by atoms with van der Waals surface area (Å²) in [7, 11) is 0. The molecule has 0 bridgehead atoms. The molecular formula is C12H17NO2. The summed E-state index contributed by atoms with van der Waals surface area (Å²) in [6.07, 6.45) is 0.132. The lowest BCUT2D eigenvalue weighted by Gasteiger charge is -2.16. The summed E-state index contributed by atoms with van der Waals surface area (Å²) in [5, 5.41) is 11.8. The normalized spacial score (nSPS) is 12.2. The predicted molar refractivity (Wildman–Crippen MR) is 61.3 cm³/mol. The highest BCUT2D eigenvalue weighted by atomic mass is 16.4. The molecule has 1 aromatic rings. The maximum atomic E-state index is 10.5. The first kappa shape index (κ1) is 11.6. The third-order valence-corrected chi connectivity index (χ3v) is 2.49. The smallest absolute Gasteiger partial charge is 0.305 e. The molecule has 82 valence electrons. The Hall–Kier alpha value is -1.51. The van der Waals surface area contributed by atoms with Gasteiger partial charge in [-0.1, -0.05) is 12.1 Å². The zero-order valence-electron chi connectivity index (χ0n) is 9.37. The molecule has 1 rings (SSSR count). The van der Waals surface area contributed by atoms with E-state index >= 15 is 0 Å². The average molecular weight is 207 g/mol. The predicted octanol–water partition coefficient (Wildman–Crippen LogP) is 2.58. The molecule has 3 nitrogen and oxygen atoms in total. The van der Waals surface area contributed by atoms with Crippen LogP contribution in [0.5, 0.6) is 0 Å². The Labute approximate surface area is 90.1 Å². The van der Waals surface area contributed by atoms with Crippen LogP contribution in [0, 0.1) is 13.8 Å². The van der Waals surface area contributed by atoms with Gasteiger partial charge in [-0.15, -0.1) is 0 Å². The minimum absolute atomic E-state index is 0.0528. The van der Waals surface area contributed by atoms with Gasteiger partial charge >= 0.3 is 5.97 Å². The van der Waals surface area contributed by atoms with Crippen molar-refractivity contribution in [2.75, 3.05) is 5.32 Å². The van der Waals surface area contributed by atoms with E-state index in [2.05, 4.69) is 5.32 Å². The second kappa shape index (κ2) is 4.82. The lowest BCUT2D eigenvalue weighted by atomic mass is 10.1. The van der Waals surface area contributed by atoms with Crippen molar-refractivity contribution in [1.82, 2.24) is 0 Å². The number of aliphatic carboxylic acids is 1. The lowest BCUT2D eigenvalue weighted by Crippen LogP contribution is -2.19. The van der Waals surface area contributed by atoms with E-state index in [4.69, 9.17) is 5.11 Å². The molecule has 3 heteroatoms. The molecule has 0 aliphatic carbocycles. The van der Waals surface area contributed by atoms with Crippen LogP contribution < -0.4 is 5.32 Å². The van der Waals surface area contributed by atoms with Gasteiger partial charge < -0.3 is 10.4 Å². The Morgan fingerprint density at radius 1 is 1.47 bits per heavy atom. The molecular weight excluding hydrogens is 190 g/mol. The summed E-state index contributed by atoms with van der Waals surface area (Å²) in [5.41, 5.74) is 3.40. The minimum Gasteiger partial charge on any atom is -0.481 e. The molecule has 1 aromatic carbocycles. The fourth-order valence-electron chi connectivity index (χ4n) is 1.49. The van der Waals surface area contributed by atoms with E-state index in [0.29, 0.717) is 0 Å². The Morgan fingerprint density at radius 2 is 2.13 bits per heavy atom. The van der Waals surface area contributed by atoms with Gasteiger partial charge in [0.15, 0.2) is 0 Å². The van der Waals surface area contributed by atoms with E-state index in [1.54, 1.807) is 0 Å². The van der Waals surface area contributed by atoms with Gasteiger partial charge in [0.05, 0.1) is 6.42 Å². The number of aryl methyl sites for hydroxylation is 1. The first-order valence-corrected chi connectivity index (χ1v) is 5.05. The molecule has 0 saturated heterocycles. The number of hydrogen-bond acceptors (Lipinski definition) is 2. The molecule has 0 aliphatic rings. The summed E-state index contributed by atoms with van der Waals surface area (Å²) in [4.78, 5) is 10.5. The molecule has 0 heterocycles. The Bertz CT molecular complexity index is 361.